The minimum absolute atomic E-state index is 0.150. The van der Waals surface area contributed by atoms with Crippen molar-refractivity contribution in [2.24, 2.45) is 0 Å². The summed E-state index contributed by atoms with van der Waals surface area (Å²) in [5.41, 5.74) is -0.0364. The number of hydrogen-bond donors (Lipinski definition) is 1. The van der Waals surface area contributed by atoms with E-state index in [0.29, 0.717) is 23.5 Å². The zero-order valence-electron chi connectivity index (χ0n) is 18.5. The molecule has 0 aliphatic carbocycles. The maximum absolute atomic E-state index is 13.8. The molecule has 0 unspecified atom stereocenters. The Morgan fingerprint density at radius 1 is 1.22 bits per heavy atom. The number of methoxy groups -OCH3 is 1. The van der Waals surface area contributed by atoms with Gasteiger partial charge in [0, 0.05) is 18.1 Å². The third-order valence-corrected chi connectivity index (χ3v) is 6.48. The van der Waals surface area contributed by atoms with E-state index in [1.54, 1.807) is 18.2 Å². The number of rotatable bonds is 6. The first kappa shape index (κ1) is 23.8. The van der Waals surface area contributed by atoms with Crippen LogP contribution in [-0.4, -0.2) is 39.3 Å². The average molecular weight is 469 g/mol. The van der Waals surface area contributed by atoms with E-state index in [4.69, 9.17) is 9.47 Å². The Kier molecular flexibility index (Phi) is 6.37. The van der Waals surface area contributed by atoms with E-state index < -0.39 is 45.2 Å². The van der Waals surface area contributed by atoms with Crippen LogP contribution in [0.5, 0.6) is 11.5 Å². The van der Waals surface area contributed by atoms with Crippen molar-refractivity contribution in [3.63, 3.8) is 0 Å². The molecule has 1 aliphatic heterocycles. The number of nitrogens with zero attached hydrogens (tertiary/aromatic N) is 1. The Balaban J connectivity index is 1.93. The van der Waals surface area contributed by atoms with Crippen molar-refractivity contribution < 1.29 is 31.5 Å². The summed E-state index contributed by atoms with van der Waals surface area (Å²) in [5, 5.41) is 2.88. The molecular weight excluding hydrogens is 442 g/mol. The molecule has 2 aromatic rings. The minimum Gasteiger partial charge on any atom is -0.497 e. The molecule has 2 atom stereocenters. The molecule has 0 saturated carbocycles. The Labute approximate surface area is 186 Å². The lowest BCUT2D eigenvalue weighted by molar-refractivity contribution is -0.123. The van der Waals surface area contributed by atoms with E-state index >= 15 is 0 Å². The number of halogens is 2. The number of carbonyl (C=O) groups excluding carboxylic acids is 1. The Morgan fingerprint density at radius 3 is 2.50 bits per heavy atom. The first-order valence-electron chi connectivity index (χ1n) is 9.94. The van der Waals surface area contributed by atoms with Gasteiger partial charge in [-0.05, 0) is 51.1 Å². The van der Waals surface area contributed by atoms with Crippen molar-refractivity contribution >= 4 is 21.6 Å². The topological polar surface area (TPSA) is 84.9 Å². The van der Waals surface area contributed by atoms with Crippen LogP contribution >= 0.6 is 0 Å². The second-order valence-corrected chi connectivity index (χ2v) is 10.2. The Hall–Kier alpha value is -2.88. The molecule has 0 spiro atoms. The summed E-state index contributed by atoms with van der Waals surface area (Å²) in [6.45, 7) is 5.15. The molecule has 1 aliphatic rings. The molecule has 32 heavy (non-hydrogen) atoms. The van der Waals surface area contributed by atoms with Crippen LogP contribution < -0.4 is 19.1 Å². The number of fused-ring (bicyclic) bond motifs is 1. The van der Waals surface area contributed by atoms with Crippen LogP contribution in [0, 0.1) is 11.6 Å². The van der Waals surface area contributed by atoms with Crippen LogP contribution in [0.1, 0.15) is 38.8 Å². The molecule has 1 heterocycles. The van der Waals surface area contributed by atoms with Gasteiger partial charge in [-0.15, -0.1) is 0 Å². The molecule has 0 radical (unpaired) electrons. The molecule has 2 aromatic carbocycles. The summed E-state index contributed by atoms with van der Waals surface area (Å²) in [7, 11) is -2.46. The highest BCUT2D eigenvalue weighted by molar-refractivity contribution is 7.92. The van der Waals surface area contributed by atoms with Gasteiger partial charge in [0.25, 0.3) is 0 Å². The maximum Gasteiger partial charge on any atom is 0.244 e. The third kappa shape index (κ3) is 4.95. The highest BCUT2D eigenvalue weighted by Crippen LogP contribution is 2.41. The van der Waals surface area contributed by atoms with E-state index in [9.17, 15) is 22.0 Å². The first-order valence-corrected chi connectivity index (χ1v) is 11.8. The summed E-state index contributed by atoms with van der Waals surface area (Å²) in [6, 6.07) is 6.22. The predicted molar refractivity (Wildman–Crippen MR) is 116 cm³/mol. The predicted octanol–water partition coefficient (Wildman–Crippen LogP) is 3.55. The molecule has 0 saturated heterocycles. The van der Waals surface area contributed by atoms with E-state index in [2.05, 4.69) is 5.32 Å². The van der Waals surface area contributed by atoms with E-state index in [1.807, 2.05) is 13.8 Å². The van der Waals surface area contributed by atoms with Crippen molar-refractivity contribution in [1.29, 1.82) is 0 Å². The number of ether oxygens (including phenoxy) is 2. The van der Waals surface area contributed by atoms with Crippen LogP contribution in [0.3, 0.4) is 0 Å². The molecule has 1 amide bonds. The normalized spacial score (nSPS) is 18.2. The third-order valence-electron chi connectivity index (χ3n) is 5.24. The van der Waals surface area contributed by atoms with Gasteiger partial charge in [0.2, 0.25) is 15.9 Å². The van der Waals surface area contributed by atoms with Crippen LogP contribution in [0.25, 0.3) is 0 Å². The molecule has 0 aromatic heterocycles. The van der Waals surface area contributed by atoms with Gasteiger partial charge in [-0.2, -0.15) is 0 Å². The van der Waals surface area contributed by atoms with Crippen LogP contribution in [0.15, 0.2) is 36.4 Å². The lowest BCUT2D eigenvalue weighted by Gasteiger charge is -2.39. The van der Waals surface area contributed by atoms with Crippen LogP contribution in [-0.2, 0) is 14.8 Å². The second-order valence-electron chi connectivity index (χ2n) is 8.36. The second kappa shape index (κ2) is 8.57. The summed E-state index contributed by atoms with van der Waals surface area (Å²) in [6.07, 6.45) is 1.32. The molecular formula is C22H26F2N2O5S. The largest absolute Gasteiger partial charge is 0.497 e. The summed E-state index contributed by atoms with van der Waals surface area (Å²) < 4.78 is 64.0. The van der Waals surface area contributed by atoms with Crippen molar-refractivity contribution in [2.75, 3.05) is 17.7 Å². The van der Waals surface area contributed by atoms with Gasteiger partial charge in [0.05, 0.1) is 25.1 Å². The number of sulfonamides is 1. The van der Waals surface area contributed by atoms with Crippen LogP contribution in [0.2, 0.25) is 0 Å². The van der Waals surface area contributed by atoms with Gasteiger partial charge in [0.15, 0.2) is 11.6 Å². The van der Waals surface area contributed by atoms with Crippen LogP contribution in [0.4, 0.5) is 14.5 Å². The monoisotopic (exact) mass is 468 g/mol. The minimum atomic E-state index is -3.99. The van der Waals surface area contributed by atoms with Gasteiger partial charge in [-0.1, -0.05) is 0 Å². The number of carbonyl (C=O) groups is 1. The molecule has 1 N–H and O–H groups in total. The molecule has 7 nitrogen and oxygen atoms in total. The molecule has 174 valence electrons. The number of hydrogen-bond acceptors (Lipinski definition) is 5. The fourth-order valence-electron chi connectivity index (χ4n) is 3.81. The number of anilines is 1. The lowest BCUT2D eigenvalue weighted by atomic mass is 9.89. The van der Waals surface area contributed by atoms with E-state index in [1.165, 1.54) is 14.0 Å². The molecule has 3 rings (SSSR count). The van der Waals surface area contributed by atoms with Gasteiger partial charge >= 0.3 is 0 Å². The van der Waals surface area contributed by atoms with Gasteiger partial charge in [-0.3, -0.25) is 9.10 Å². The Morgan fingerprint density at radius 2 is 1.91 bits per heavy atom. The molecule has 0 fully saturated rings. The number of nitrogens with one attached hydrogen (secondary N) is 1. The lowest BCUT2D eigenvalue weighted by Crippen LogP contribution is -2.50. The van der Waals surface area contributed by atoms with Crippen molar-refractivity contribution in [1.82, 2.24) is 5.32 Å². The molecule has 0 bridgehead atoms. The Bertz CT molecular complexity index is 1140. The van der Waals surface area contributed by atoms with Crippen molar-refractivity contribution in [3.8, 4) is 11.5 Å². The van der Waals surface area contributed by atoms with Gasteiger partial charge in [0.1, 0.15) is 23.1 Å². The maximum atomic E-state index is 13.8. The van der Waals surface area contributed by atoms with Gasteiger partial charge in [-0.25, -0.2) is 17.2 Å². The summed E-state index contributed by atoms with van der Waals surface area (Å²) in [5.74, 6) is -1.76. The number of benzene rings is 2. The zero-order chi connectivity index (χ0) is 23.8. The van der Waals surface area contributed by atoms with Gasteiger partial charge < -0.3 is 14.8 Å². The average Bonchev–Trinajstić information content (AvgIpc) is 2.68. The zero-order valence-corrected chi connectivity index (χ0v) is 19.3. The molecule has 10 heteroatoms. The summed E-state index contributed by atoms with van der Waals surface area (Å²) in [4.78, 5) is 13.1. The fraction of sp³-hybridized carbons (Fsp3) is 0.409. The highest BCUT2D eigenvalue weighted by Gasteiger charge is 2.37. The highest BCUT2D eigenvalue weighted by atomic mass is 32.2. The summed E-state index contributed by atoms with van der Waals surface area (Å²) >= 11 is 0. The standard InChI is InChI=1S/C22H26F2N2O5S/c1-13(26(32(5,28)29)14-6-8-17(23)18(24)10-14)21(27)25-19-12-22(2,3)31-20-9-7-15(30-4)11-16(19)20/h6-11,13,19H,12H2,1-5H3,(H,25,27)/t13-,19+/m0/s1. The number of amides is 1. The SMILES string of the molecule is COc1ccc2c(c1)[C@H](NC(=O)[C@H](C)N(c1ccc(F)c(F)c1)S(C)(=O)=O)CC(C)(C)O2. The van der Waals surface area contributed by atoms with E-state index in [0.717, 1.165) is 28.8 Å². The van der Waals surface area contributed by atoms with E-state index in [-0.39, 0.29) is 5.69 Å². The van der Waals surface area contributed by atoms with Crippen molar-refractivity contribution in [2.45, 2.75) is 44.9 Å². The quantitative estimate of drug-likeness (QED) is 0.701. The fourth-order valence-corrected chi connectivity index (χ4v) is 4.98. The smallest absolute Gasteiger partial charge is 0.244 e. The van der Waals surface area contributed by atoms with Crippen molar-refractivity contribution in [3.05, 3.63) is 53.6 Å². The first-order chi connectivity index (χ1) is 14.8.